The number of hydrogen-bond donors (Lipinski definition) is 1. The van der Waals surface area contributed by atoms with Crippen molar-refractivity contribution in [1.82, 2.24) is 0 Å². The van der Waals surface area contributed by atoms with Gasteiger partial charge >= 0.3 is 11.9 Å². The summed E-state index contributed by atoms with van der Waals surface area (Å²) < 4.78 is 25.4. The number of benzene rings is 2. The fraction of sp³-hybridized carbons (Fsp3) is 0.440. The lowest BCUT2D eigenvalue weighted by Gasteiger charge is -2.23. The molecule has 0 radical (unpaired) electrons. The predicted molar refractivity (Wildman–Crippen MR) is 121 cm³/mol. The number of carbonyl (C=O) groups is 2. The smallest absolute Gasteiger partial charge is 0.340 e. The number of halogens is 1. The largest absolute Gasteiger partial charge is 0.461 e. The van der Waals surface area contributed by atoms with Crippen LogP contribution in [0.1, 0.15) is 49.9 Å². The van der Waals surface area contributed by atoms with Crippen molar-refractivity contribution in [2.24, 2.45) is 0 Å². The van der Waals surface area contributed by atoms with E-state index in [1.165, 1.54) is 0 Å². The number of nitrogens with one attached hydrogen (secondary N) is 1. The minimum atomic E-state index is -1.38. The van der Waals surface area contributed by atoms with E-state index in [4.69, 9.17) is 9.47 Å². The third-order valence-corrected chi connectivity index (χ3v) is 4.67. The van der Waals surface area contributed by atoms with E-state index >= 15 is 0 Å². The molecular weight excluding hydrogens is 397 g/mol. The molecule has 5 nitrogen and oxygen atoms in total. The van der Waals surface area contributed by atoms with Gasteiger partial charge in [0.2, 0.25) is 6.04 Å². The van der Waals surface area contributed by atoms with Gasteiger partial charge in [-0.1, -0.05) is 29.3 Å². The summed E-state index contributed by atoms with van der Waals surface area (Å²) in [5, 5.41) is 2.99. The van der Waals surface area contributed by atoms with Crippen LogP contribution in [0.5, 0.6) is 0 Å². The molecule has 2 aromatic rings. The number of esters is 2. The maximum atomic E-state index is 14.8. The molecule has 0 heterocycles. The van der Waals surface area contributed by atoms with Gasteiger partial charge in [0.25, 0.3) is 0 Å². The highest BCUT2D eigenvalue weighted by Crippen LogP contribution is 2.36. The second kappa shape index (κ2) is 9.94. The number of hydrogen-bond acceptors (Lipinski definition) is 5. The monoisotopic (exact) mass is 429 g/mol. The molecule has 2 aromatic carbocycles. The Morgan fingerprint density at radius 1 is 0.839 bits per heavy atom. The van der Waals surface area contributed by atoms with Crippen LogP contribution < -0.4 is 5.32 Å². The minimum absolute atomic E-state index is 0.328. The number of ether oxygens (including phenoxy) is 2. The summed E-state index contributed by atoms with van der Waals surface area (Å²) in [4.78, 5) is 25.4. The Hall–Kier alpha value is -2.89. The molecular formula is C25H32FNO4. The number of anilines is 1. The van der Waals surface area contributed by atoms with E-state index < -0.39 is 30.2 Å². The molecule has 0 aliphatic rings. The summed E-state index contributed by atoms with van der Waals surface area (Å²) in [6, 6.07) is 6.15. The first-order valence-electron chi connectivity index (χ1n) is 10.5. The topological polar surface area (TPSA) is 64.6 Å². The van der Waals surface area contributed by atoms with Crippen LogP contribution in [0.3, 0.4) is 0 Å². The second-order valence-electron chi connectivity index (χ2n) is 8.48. The fourth-order valence-electron chi connectivity index (χ4n) is 3.53. The van der Waals surface area contributed by atoms with E-state index in [2.05, 4.69) is 5.32 Å². The average Bonchev–Trinajstić information content (AvgIpc) is 2.62. The summed E-state index contributed by atoms with van der Waals surface area (Å²) in [7, 11) is 0. The molecule has 31 heavy (non-hydrogen) atoms. The normalized spacial score (nSPS) is 11.2. The van der Waals surface area contributed by atoms with E-state index in [0.717, 1.165) is 16.7 Å². The number of rotatable bonds is 7. The van der Waals surface area contributed by atoms with Gasteiger partial charge in [-0.2, -0.15) is 0 Å². The molecule has 0 saturated carbocycles. The van der Waals surface area contributed by atoms with Crippen molar-refractivity contribution < 1.29 is 23.5 Å². The first-order chi connectivity index (χ1) is 14.4. The van der Waals surface area contributed by atoms with Gasteiger partial charge < -0.3 is 14.8 Å². The zero-order chi connectivity index (χ0) is 23.5. The van der Waals surface area contributed by atoms with Crippen LogP contribution in [-0.4, -0.2) is 30.2 Å². The van der Waals surface area contributed by atoms with Crippen LogP contribution in [0.15, 0.2) is 24.3 Å². The highest BCUT2D eigenvalue weighted by Gasteiger charge is 2.32. The molecule has 0 fully saturated rings. The molecule has 0 atom stereocenters. The molecule has 0 saturated heterocycles. The maximum Gasteiger partial charge on any atom is 0.340 e. The minimum Gasteiger partial charge on any atom is -0.461 e. The van der Waals surface area contributed by atoms with Crippen molar-refractivity contribution in [3.63, 3.8) is 0 Å². The Balaban J connectivity index is 2.63. The molecule has 2 rings (SSSR count). The predicted octanol–water partition coefficient (Wildman–Crippen LogP) is 5.41. The zero-order valence-corrected chi connectivity index (χ0v) is 19.6. The molecule has 0 aromatic heterocycles. The zero-order valence-electron chi connectivity index (χ0n) is 19.6. The van der Waals surface area contributed by atoms with E-state index in [0.29, 0.717) is 22.4 Å². The molecule has 0 spiro atoms. The molecule has 0 amide bonds. The van der Waals surface area contributed by atoms with Gasteiger partial charge in [-0.25, -0.2) is 14.0 Å². The van der Waals surface area contributed by atoms with Crippen molar-refractivity contribution in [2.45, 2.75) is 73.6 Å². The third-order valence-electron chi connectivity index (χ3n) is 4.67. The van der Waals surface area contributed by atoms with Crippen molar-refractivity contribution in [3.8, 4) is 11.1 Å². The first-order valence-corrected chi connectivity index (χ1v) is 10.5. The maximum absolute atomic E-state index is 14.8. The van der Waals surface area contributed by atoms with E-state index in [9.17, 15) is 14.0 Å². The Bertz CT molecular complexity index is 940. The summed E-state index contributed by atoms with van der Waals surface area (Å²) in [5.74, 6) is -1.82. The van der Waals surface area contributed by atoms with Crippen molar-refractivity contribution in [3.05, 3.63) is 52.3 Å². The Labute approximate surface area is 183 Å². The fourth-order valence-corrected chi connectivity index (χ4v) is 3.53. The van der Waals surface area contributed by atoms with Crippen molar-refractivity contribution in [1.29, 1.82) is 0 Å². The number of carbonyl (C=O) groups excluding carboxylic acids is 2. The second-order valence-corrected chi connectivity index (χ2v) is 8.48. The van der Waals surface area contributed by atoms with Crippen LogP contribution in [0.25, 0.3) is 11.1 Å². The summed E-state index contributed by atoms with van der Waals surface area (Å²) in [6.07, 6.45) is -0.807. The Morgan fingerprint density at radius 2 is 1.32 bits per heavy atom. The van der Waals surface area contributed by atoms with Gasteiger partial charge in [-0.15, -0.1) is 0 Å². The van der Waals surface area contributed by atoms with Crippen LogP contribution >= 0.6 is 0 Å². The van der Waals surface area contributed by atoms with Gasteiger partial charge in [0.15, 0.2) is 0 Å². The molecule has 0 aliphatic carbocycles. The van der Waals surface area contributed by atoms with Gasteiger partial charge in [0, 0.05) is 11.3 Å². The SMILES string of the molecule is Cc1cc(C)cc(-c2c(NC(C(=O)OC(C)C)C(=O)OC(C)C)cc(C)c(F)c2C)c1. The summed E-state index contributed by atoms with van der Waals surface area (Å²) >= 11 is 0. The van der Waals surface area contributed by atoms with Crippen molar-refractivity contribution in [2.75, 3.05) is 5.32 Å². The van der Waals surface area contributed by atoms with Gasteiger partial charge in [-0.3, -0.25) is 0 Å². The molecule has 0 bridgehead atoms. The summed E-state index contributed by atoms with van der Waals surface area (Å²) in [5.41, 5.74) is 4.74. The van der Waals surface area contributed by atoms with Gasteiger partial charge in [0.1, 0.15) is 5.82 Å². The third kappa shape index (κ3) is 6.06. The molecule has 168 valence electrons. The molecule has 0 unspecified atom stereocenters. The standard InChI is InChI=1S/C25H32FNO4/c1-13(2)30-24(28)23(25(29)31-14(3)4)27-20-12-17(7)22(26)18(8)21(20)19-10-15(5)9-16(6)11-19/h9-14,23,27H,1-8H3. The van der Waals surface area contributed by atoms with E-state index in [1.807, 2.05) is 32.0 Å². The van der Waals surface area contributed by atoms with Crippen LogP contribution in [-0.2, 0) is 19.1 Å². The average molecular weight is 430 g/mol. The number of aryl methyl sites for hydroxylation is 3. The lowest BCUT2D eigenvalue weighted by atomic mass is 9.93. The quantitative estimate of drug-likeness (QED) is 0.471. The first kappa shape index (κ1) is 24.4. The lowest BCUT2D eigenvalue weighted by Crippen LogP contribution is -2.42. The van der Waals surface area contributed by atoms with Crippen LogP contribution in [0.2, 0.25) is 0 Å². The van der Waals surface area contributed by atoms with Crippen molar-refractivity contribution >= 4 is 17.6 Å². The van der Waals surface area contributed by atoms with E-state index in [-0.39, 0.29) is 5.82 Å². The lowest BCUT2D eigenvalue weighted by molar-refractivity contribution is -0.160. The van der Waals surface area contributed by atoms with E-state index in [1.54, 1.807) is 47.6 Å². The Kier molecular flexibility index (Phi) is 7.82. The van der Waals surface area contributed by atoms with Gasteiger partial charge in [-0.05, 0) is 78.1 Å². The van der Waals surface area contributed by atoms with Crippen LogP contribution in [0, 0.1) is 33.5 Å². The molecule has 6 heteroatoms. The highest BCUT2D eigenvalue weighted by atomic mass is 19.1. The summed E-state index contributed by atoms with van der Waals surface area (Å²) in [6.45, 7) is 14.1. The highest BCUT2D eigenvalue weighted by molar-refractivity contribution is 6.03. The van der Waals surface area contributed by atoms with Gasteiger partial charge in [0.05, 0.1) is 12.2 Å². The molecule has 1 N–H and O–H groups in total. The molecule has 0 aliphatic heterocycles. The Morgan fingerprint density at radius 3 is 1.77 bits per heavy atom. The van der Waals surface area contributed by atoms with Crippen LogP contribution in [0.4, 0.5) is 10.1 Å².